The summed E-state index contributed by atoms with van der Waals surface area (Å²) in [5.41, 5.74) is 0.908. The number of nitrogens with zero attached hydrogens (tertiary/aromatic N) is 1. The number of nitrogens with one attached hydrogen (secondary N) is 1. The molecule has 1 saturated heterocycles. The van der Waals surface area contributed by atoms with Crippen molar-refractivity contribution in [3.63, 3.8) is 0 Å². The summed E-state index contributed by atoms with van der Waals surface area (Å²) in [6, 6.07) is 0.591. The first kappa shape index (κ1) is 19.0. The van der Waals surface area contributed by atoms with Crippen molar-refractivity contribution in [2.24, 2.45) is 16.7 Å². The van der Waals surface area contributed by atoms with Crippen molar-refractivity contribution in [2.45, 2.75) is 80.2 Å². The van der Waals surface area contributed by atoms with E-state index >= 15 is 0 Å². The van der Waals surface area contributed by atoms with Crippen LogP contribution in [0.1, 0.15) is 74.1 Å². The summed E-state index contributed by atoms with van der Waals surface area (Å²) < 4.78 is 0. The minimum atomic E-state index is 0.424. The lowest BCUT2D eigenvalue weighted by atomic mass is 9.75. The van der Waals surface area contributed by atoms with Gasteiger partial charge in [-0.3, -0.25) is 0 Å². The molecule has 1 rings (SSSR count). The molecule has 1 unspecified atom stereocenters. The summed E-state index contributed by atoms with van der Waals surface area (Å²) >= 11 is 0. The molecule has 0 radical (unpaired) electrons. The molecule has 0 aliphatic carbocycles. The van der Waals surface area contributed by atoms with Gasteiger partial charge in [0.15, 0.2) is 0 Å². The molecule has 126 valence electrons. The van der Waals surface area contributed by atoms with E-state index in [0.29, 0.717) is 16.9 Å². The summed E-state index contributed by atoms with van der Waals surface area (Å²) in [6.45, 7) is 21.5. The third-order valence-corrected chi connectivity index (χ3v) is 5.21. The highest BCUT2D eigenvalue weighted by atomic mass is 15.1. The quantitative estimate of drug-likeness (QED) is 0.741. The van der Waals surface area contributed by atoms with Crippen molar-refractivity contribution >= 4 is 0 Å². The van der Waals surface area contributed by atoms with Gasteiger partial charge in [-0.05, 0) is 49.1 Å². The number of likely N-dealkylation sites (tertiary alicyclic amines) is 1. The second-order valence-electron chi connectivity index (χ2n) is 9.01. The molecule has 1 fully saturated rings. The lowest BCUT2D eigenvalue weighted by molar-refractivity contribution is 0.0749. The molecule has 0 aromatic rings. The van der Waals surface area contributed by atoms with Crippen LogP contribution in [0.5, 0.6) is 0 Å². The lowest BCUT2D eigenvalue weighted by Gasteiger charge is -2.42. The van der Waals surface area contributed by atoms with E-state index in [1.807, 2.05) is 0 Å². The molecule has 1 aliphatic heterocycles. The van der Waals surface area contributed by atoms with E-state index in [1.165, 1.54) is 45.3 Å². The highest BCUT2D eigenvalue weighted by molar-refractivity contribution is 4.86. The van der Waals surface area contributed by atoms with Crippen LogP contribution < -0.4 is 5.32 Å². The normalized spacial score (nSPS) is 21.7. The molecule has 0 aromatic heterocycles. The van der Waals surface area contributed by atoms with E-state index in [9.17, 15) is 0 Å². The van der Waals surface area contributed by atoms with Gasteiger partial charge < -0.3 is 10.2 Å². The molecule has 2 nitrogen and oxygen atoms in total. The Labute approximate surface area is 134 Å². The molecule has 21 heavy (non-hydrogen) atoms. The van der Waals surface area contributed by atoms with Crippen LogP contribution in [0.25, 0.3) is 0 Å². The van der Waals surface area contributed by atoms with Crippen molar-refractivity contribution < 1.29 is 0 Å². The fraction of sp³-hybridized carbons (Fsp3) is 1.00. The van der Waals surface area contributed by atoms with Gasteiger partial charge >= 0.3 is 0 Å². The molecule has 0 bridgehead atoms. The van der Waals surface area contributed by atoms with E-state index in [-0.39, 0.29) is 0 Å². The fourth-order valence-corrected chi connectivity index (χ4v) is 3.77. The van der Waals surface area contributed by atoms with Crippen molar-refractivity contribution in [3.05, 3.63) is 0 Å². The first-order valence-corrected chi connectivity index (χ1v) is 9.12. The van der Waals surface area contributed by atoms with Crippen LogP contribution in [0, 0.1) is 16.7 Å². The van der Waals surface area contributed by atoms with E-state index in [2.05, 4.69) is 58.7 Å². The fourth-order valence-electron chi connectivity index (χ4n) is 3.77. The molecule has 1 atom stereocenters. The van der Waals surface area contributed by atoms with Gasteiger partial charge in [-0.2, -0.15) is 0 Å². The highest BCUT2D eigenvalue weighted by Gasteiger charge is 2.32. The number of hydrogen-bond donors (Lipinski definition) is 1. The summed E-state index contributed by atoms with van der Waals surface area (Å²) in [5, 5.41) is 3.67. The van der Waals surface area contributed by atoms with E-state index < -0.39 is 0 Å². The summed E-state index contributed by atoms with van der Waals surface area (Å²) in [4.78, 5) is 2.72. The van der Waals surface area contributed by atoms with Gasteiger partial charge in [-0.1, -0.05) is 54.9 Å². The third-order valence-electron chi connectivity index (χ3n) is 5.21. The number of hydrogen-bond acceptors (Lipinski definition) is 2. The molecule has 0 aromatic carbocycles. The number of piperidine rings is 1. The maximum absolute atomic E-state index is 3.67. The second-order valence-corrected chi connectivity index (χ2v) is 9.01. The molecular weight excluding hydrogens is 256 g/mol. The Bertz CT molecular complexity index is 284. The molecular formula is C19H40N2. The highest BCUT2D eigenvalue weighted by Crippen LogP contribution is 2.35. The van der Waals surface area contributed by atoms with E-state index in [0.717, 1.165) is 12.5 Å². The van der Waals surface area contributed by atoms with Gasteiger partial charge in [0.25, 0.3) is 0 Å². The topological polar surface area (TPSA) is 15.3 Å². The maximum Gasteiger partial charge on any atom is 0.00475 e. The Hall–Kier alpha value is -0.0800. The van der Waals surface area contributed by atoms with Gasteiger partial charge in [0.1, 0.15) is 0 Å². The zero-order chi connectivity index (χ0) is 16.1. The minimum Gasteiger partial charge on any atom is -0.314 e. The Balaban J connectivity index is 2.49. The first-order chi connectivity index (χ1) is 9.66. The average molecular weight is 297 g/mol. The SMILES string of the molecule is CCCC(C)(CNC(C)C)CN1CCC(C(C)(C)C)CC1. The van der Waals surface area contributed by atoms with E-state index in [1.54, 1.807) is 0 Å². The average Bonchev–Trinajstić information content (AvgIpc) is 2.36. The molecule has 2 heteroatoms. The van der Waals surface area contributed by atoms with Crippen molar-refractivity contribution in [3.8, 4) is 0 Å². The van der Waals surface area contributed by atoms with Crippen molar-refractivity contribution in [1.29, 1.82) is 0 Å². The smallest absolute Gasteiger partial charge is 0.00475 e. The standard InChI is InChI=1S/C19H40N2/c1-8-11-19(7,14-20-16(2)3)15-21-12-9-17(10-13-21)18(4,5)6/h16-17,20H,8-15H2,1-7H3. The Morgan fingerprint density at radius 3 is 2.10 bits per heavy atom. The summed E-state index contributed by atoms with van der Waals surface area (Å²) in [5.74, 6) is 0.903. The Morgan fingerprint density at radius 1 is 1.10 bits per heavy atom. The van der Waals surface area contributed by atoms with Gasteiger partial charge in [0.2, 0.25) is 0 Å². The second kappa shape index (κ2) is 7.97. The zero-order valence-electron chi connectivity index (χ0n) is 15.8. The van der Waals surface area contributed by atoms with Gasteiger partial charge in [-0.25, -0.2) is 0 Å². The Morgan fingerprint density at radius 2 is 1.67 bits per heavy atom. The molecule has 0 saturated carbocycles. The van der Waals surface area contributed by atoms with Crippen LogP contribution in [0.2, 0.25) is 0 Å². The largest absolute Gasteiger partial charge is 0.314 e. The van der Waals surface area contributed by atoms with Gasteiger partial charge in [0.05, 0.1) is 0 Å². The van der Waals surface area contributed by atoms with Crippen LogP contribution in [-0.4, -0.2) is 37.1 Å². The molecule has 1 N–H and O–H groups in total. The zero-order valence-corrected chi connectivity index (χ0v) is 15.8. The Kier molecular flexibility index (Phi) is 7.19. The molecule has 0 amide bonds. The summed E-state index contributed by atoms with van der Waals surface area (Å²) in [7, 11) is 0. The lowest BCUT2D eigenvalue weighted by Crippen LogP contribution is -2.47. The summed E-state index contributed by atoms with van der Waals surface area (Å²) in [6.07, 6.45) is 5.37. The molecule has 0 spiro atoms. The third kappa shape index (κ3) is 6.69. The monoisotopic (exact) mass is 296 g/mol. The van der Waals surface area contributed by atoms with Crippen LogP contribution in [0.15, 0.2) is 0 Å². The van der Waals surface area contributed by atoms with Gasteiger partial charge in [-0.15, -0.1) is 0 Å². The minimum absolute atomic E-state index is 0.424. The first-order valence-electron chi connectivity index (χ1n) is 9.12. The predicted molar refractivity (Wildman–Crippen MR) is 94.8 cm³/mol. The van der Waals surface area contributed by atoms with E-state index in [4.69, 9.17) is 0 Å². The molecule has 1 aliphatic rings. The van der Waals surface area contributed by atoms with Crippen LogP contribution in [0.4, 0.5) is 0 Å². The predicted octanol–water partition coefficient (Wildman–Crippen LogP) is 4.55. The van der Waals surface area contributed by atoms with Gasteiger partial charge in [0, 0.05) is 19.1 Å². The molecule has 1 heterocycles. The number of rotatable bonds is 7. The van der Waals surface area contributed by atoms with Crippen LogP contribution in [0.3, 0.4) is 0 Å². The van der Waals surface area contributed by atoms with Crippen LogP contribution >= 0.6 is 0 Å². The van der Waals surface area contributed by atoms with Crippen LogP contribution in [-0.2, 0) is 0 Å². The maximum atomic E-state index is 3.67. The van der Waals surface area contributed by atoms with Crippen molar-refractivity contribution in [1.82, 2.24) is 10.2 Å². The van der Waals surface area contributed by atoms with Crippen molar-refractivity contribution in [2.75, 3.05) is 26.2 Å².